The Morgan fingerprint density at radius 3 is 2.84 bits per heavy atom. The van der Waals surface area contributed by atoms with E-state index < -0.39 is 17.6 Å². The standard InChI is InChI=1S/C22H18F3N3O2S/c1-28(12-17-20(22(23,24)25)15-4-2-3-5-16(15)31-17)19(30)9-6-13-10-14-7-8-18(29)27-21(14)26-11-13/h2-6,9-11H,7-8,12H2,1H3,(H,26,27,29)/b9-6+. The Labute approximate surface area is 180 Å². The smallest absolute Gasteiger partial charge is 0.337 e. The molecule has 4 rings (SSSR count). The first-order valence-electron chi connectivity index (χ1n) is 9.52. The third-order valence-corrected chi connectivity index (χ3v) is 6.15. The number of nitrogens with one attached hydrogen (secondary N) is 1. The number of rotatable bonds is 4. The lowest BCUT2D eigenvalue weighted by Crippen LogP contribution is -2.25. The fourth-order valence-corrected chi connectivity index (χ4v) is 4.75. The number of thiophene rings is 1. The molecule has 0 saturated carbocycles. The van der Waals surface area contributed by atoms with Crippen LogP contribution < -0.4 is 5.32 Å². The number of hydrogen-bond acceptors (Lipinski definition) is 4. The molecule has 2 aromatic heterocycles. The fourth-order valence-electron chi connectivity index (χ4n) is 3.47. The summed E-state index contributed by atoms with van der Waals surface area (Å²) in [4.78, 5) is 29.5. The van der Waals surface area contributed by atoms with Gasteiger partial charge in [0.05, 0.1) is 12.1 Å². The van der Waals surface area contributed by atoms with Crippen molar-refractivity contribution in [2.75, 3.05) is 12.4 Å². The number of alkyl halides is 3. The van der Waals surface area contributed by atoms with Crippen LogP contribution in [0.25, 0.3) is 16.2 Å². The van der Waals surface area contributed by atoms with E-state index in [1.54, 1.807) is 24.3 Å². The van der Waals surface area contributed by atoms with E-state index in [9.17, 15) is 22.8 Å². The maximum Gasteiger partial charge on any atom is 0.418 e. The van der Waals surface area contributed by atoms with Gasteiger partial charge in [0, 0.05) is 40.7 Å². The van der Waals surface area contributed by atoms with Crippen LogP contribution >= 0.6 is 11.3 Å². The average molecular weight is 445 g/mol. The number of carbonyl (C=O) groups excluding carboxylic acids is 2. The van der Waals surface area contributed by atoms with Crippen molar-refractivity contribution in [3.8, 4) is 0 Å². The highest BCUT2D eigenvalue weighted by molar-refractivity contribution is 7.19. The van der Waals surface area contributed by atoms with Gasteiger partial charge in [-0.25, -0.2) is 4.98 Å². The van der Waals surface area contributed by atoms with E-state index in [1.807, 2.05) is 6.07 Å². The van der Waals surface area contributed by atoms with Crippen molar-refractivity contribution in [3.05, 3.63) is 64.2 Å². The molecule has 1 N–H and O–H groups in total. The van der Waals surface area contributed by atoms with Gasteiger partial charge in [-0.1, -0.05) is 18.2 Å². The molecule has 0 spiro atoms. The van der Waals surface area contributed by atoms with Crippen molar-refractivity contribution in [3.63, 3.8) is 0 Å². The van der Waals surface area contributed by atoms with Crippen LogP contribution in [0.1, 0.15) is 28.0 Å². The summed E-state index contributed by atoms with van der Waals surface area (Å²) < 4.78 is 41.5. The maximum atomic E-state index is 13.7. The number of likely N-dealkylation sites (N-methyl/N-ethyl adjacent to an activating group) is 1. The van der Waals surface area contributed by atoms with Crippen LogP contribution in [0.5, 0.6) is 0 Å². The van der Waals surface area contributed by atoms with Gasteiger partial charge in [-0.15, -0.1) is 11.3 Å². The van der Waals surface area contributed by atoms with Crippen LogP contribution in [0.4, 0.5) is 19.0 Å². The van der Waals surface area contributed by atoms with Crippen LogP contribution in [0.3, 0.4) is 0 Å². The van der Waals surface area contributed by atoms with Gasteiger partial charge in [-0.3, -0.25) is 9.59 Å². The predicted octanol–water partition coefficient (Wildman–Crippen LogP) is 4.87. The van der Waals surface area contributed by atoms with Gasteiger partial charge in [0.25, 0.3) is 0 Å². The fraction of sp³-hybridized carbons (Fsp3) is 0.227. The monoisotopic (exact) mass is 445 g/mol. The molecule has 3 aromatic rings. The van der Waals surface area contributed by atoms with E-state index in [4.69, 9.17) is 0 Å². The molecule has 0 saturated heterocycles. The molecule has 160 valence electrons. The number of anilines is 1. The molecule has 9 heteroatoms. The van der Waals surface area contributed by atoms with E-state index in [1.165, 1.54) is 30.3 Å². The molecule has 0 atom stereocenters. The second kappa shape index (κ2) is 8.14. The largest absolute Gasteiger partial charge is 0.418 e. The van der Waals surface area contributed by atoms with E-state index in [0.29, 0.717) is 28.9 Å². The Morgan fingerprint density at radius 1 is 1.29 bits per heavy atom. The minimum absolute atomic E-state index is 0.0837. The Balaban J connectivity index is 1.51. The van der Waals surface area contributed by atoms with Crippen LogP contribution in [0.15, 0.2) is 42.6 Å². The number of nitrogens with zero attached hydrogens (tertiary/aromatic N) is 2. The van der Waals surface area contributed by atoms with Crippen molar-refractivity contribution in [2.45, 2.75) is 25.6 Å². The molecule has 0 bridgehead atoms. The van der Waals surface area contributed by atoms with Crippen LogP contribution in [0.2, 0.25) is 0 Å². The first kappa shape index (κ1) is 21.0. The highest BCUT2D eigenvalue weighted by Gasteiger charge is 2.37. The predicted molar refractivity (Wildman–Crippen MR) is 114 cm³/mol. The molecule has 2 amide bonds. The molecule has 0 radical (unpaired) electrons. The quantitative estimate of drug-likeness (QED) is 0.583. The molecule has 3 heterocycles. The number of aryl methyl sites for hydroxylation is 1. The summed E-state index contributed by atoms with van der Waals surface area (Å²) in [5.41, 5.74) is 0.870. The highest BCUT2D eigenvalue weighted by Crippen LogP contribution is 2.42. The lowest BCUT2D eigenvalue weighted by atomic mass is 10.0. The average Bonchev–Trinajstić information content (AvgIpc) is 3.10. The number of halogens is 3. The van der Waals surface area contributed by atoms with E-state index >= 15 is 0 Å². The summed E-state index contributed by atoms with van der Waals surface area (Å²) in [5, 5.41) is 2.84. The summed E-state index contributed by atoms with van der Waals surface area (Å²) in [6.45, 7) is -0.147. The van der Waals surface area contributed by atoms with E-state index in [2.05, 4.69) is 10.3 Å². The van der Waals surface area contributed by atoms with Crippen molar-refractivity contribution >= 4 is 45.1 Å². The molecule has 0 aliphatic carbocycles. The topological polar surface area (TPSA) is 62.3 Å². The minimum atomic E-state index is -4.50. The lowest BCUT2D eigenvalue weighted by molar-refractivity contribution is -0.137. The van der Waals surface area contributed by atoms with E-state index in [0.717, 1.165) is 16.9 Å². The summed E-state index contributed by atoms with van der Waals surface area (Å²) in [6, 6.07) is 8.19. The minimum Gasteiger partial charge on any atom is -0.337 e. The van der Waals surface area contributed by atoms with Gasteiger partial charge in [0.15, 0.2) is 0 Å². The SMILES string of the molecule is CN(Cc1sc2ccccc2c1C(F)(F)F)C(=O)/C=C/c1cnc2c(c1)CCC(=O)N2. The third kappa shape index (κ3) is 4.46. The van der Waals surface area contributed by atoms with Crippen LogP contribution in [-0.4, -0.2) is 28.7 Å². The molecule has 0 unspecified atom stereocenters. The molecule has 1 aliphatic rings. The number of amides is 2. The summed E-state index contributed by atoms with van der Waals surface area (Å²) in [7, 11) is 1.47. The molecule has 0 fully saturated rings. The van der Waals surface area contributed by atoms with Gasteiger partial charge in [0.2, 0.25) is 11.8 Å². The Bertz CT molecular complexity index is 1200. The van der Waals surface area contributed by atoms with Gasteiger partial charge in [0.1, 0.15) is 5.82 Å². The zero-order valence-electron chi connectivity index (χ0n) is 16.5. The zero-order valence-corrected chi connectivity index (χ0v) is 17.3. The Kier molecular flexibility index (Phi) is 5.53. The molecule has 1 aromatic carbocycles. The zero-order chi connectivity index (χ0) is 22.2. The second-order valence-corrected chi connectivity index (χ2v) is 8.38. The first-order chi connectivity index (χ1) is 14.7. The maximum absolute atomic E-state index is 13.7. The Hall–Kier alpha value is -3.20. The summed E-state index contributed by atoms with van der Waals surface area (Å²) in [5.74, 6) is 0.0115. The Morgan fingerprint density at radius 2 is 2.06 bits per heavy atom. The summed E-state index contributed by atoms with van der Waals surface area (Å²) >= 11 is 1.04. The van der Waals surface area contributed by atoms with Crippen molar-refractivity contribution < 1.29 is 22.8 Å². The lowest BCUT2D eigenvalue weighted by Gasteiger charge is -2.17. The normalized spacial score (nSPS) is 14.0. The van der Waals surface area contributed by atoms with Crippen molar-refractivity contribution in [1.29, 1.82) is 0 Å². The number of hydrogen-bond donors (Lipinski definition) is 1. The van der Waals surface area contributed by atoms with Crippen molar-refractivity contribution in [1.82, 2.24) is 9.88 Å². The molecular formula is C22H18F3N3O2S. The van der Waals surface area contributed by atoms with Crippen LogP contribution in [-0.2, 0) is 28.7 Å². The molecule has 1 aliphatic heterocycles. The first-order valence-corrected chi connectivity index (χ1v) is 10.3. The number of fused-ring (bicyclic) bond motifs is 2. The van der Waals surface area contributed by atoms with Gasteiger partial charge >= 0.3 is 6.18 Å². The second-order valence-electron chi connectivity index (χ2n) is 7.25. The summed E-state index contributed by atoms with van der Waals surface area (Å²) in [6.07, 6.45) is 0.848. The number of carbonyl (C=O) groups is 2. The van der Waals surface area contributed by atoms with E-state index in [-0.39, 0.29) is 22.7 Å². The molecule has 5 nitrogen and oxygen atoms in total. The number of pyridine rings is 1. The molecular weight excluding hydrogens is 427 g/mol. The van der Waals surface area contributed by atoms with Gasteiger partial charge in [-0.2, -0.15) is 13.2 Å². The van der Waals surface area contributed by atoms with Crippen molar-refractivity contribution in [2.24, 2.45) is 0 Å². The van der Waals surface area contributed by atoms with Gasteiger partial charge in [-0.05, 0) is 35.8 Å². The third-order valence-electron chi connectivity index (χ3n) is 4.99. The van der Waals surface area contributed by atoms with Gasteiger partial charge < -0.3 is 10.2 Å². The molecule has 31 heavy (non-hydrogen) atoms. The number of benzene rings is 1. The highest BCUT2D eigenvalue weighted by atomic mass is 32.1. The number of aromatic nitrogens is 1. The van der Waals surface area contributed by atoms with Crippen LogP contribution in [0, 0.1) is 0 Å².